The SMILES string of the molecule is CCCCOC(=O)[C@@H](C1CCCC1)[C@H](N)C(F)(F)F. The fourth-order valence-electron chi connectivity index (χ4n) is 2.57. The Balaban J connectivity index is 2.71. The van der Waals surface area contributed by atoms with Gasteiger partial charge in [-0.2, -0.15) is 13.2 Å². The first kappa shape index (κ1) is 16.3. The first-order valence-electron chi connectivity index (χ1n) is 6.86. The third-order valence-corrected chi connectivity index (χ3v) is 3.69. The number of hydrogen-bond donors (Lipinski definition) is 1. The van der Waals surface area contributed by atoms with Crippen LogP contribution in [0.5, 0.6) is 0 Å². The van der Waals surface area contributed by atoms with Gasteiger partial charge in [-0.3, -0.25) is 4.79 Å². The minimum absolute atomic E-state index is 0.170. The number of ether oxygens (including phenoxy) is 1. The number of carbonyl (C=O) groups excluding carboxylic acids is 1. The molecule has 0 aliphatic heterocycles. The second-order valence-corrected chi connectivity index (χ2v) is 5.16. The summed E-state index contributed by atoms with van der Waals surface area (Å²) < 4.78 is 43.3. The summed E-state index contributed by atoms with van der Waals surface area (Å²) in [5.41, 5.74) is 5.25. The molecule has 2 N–H and O–H groups in total. The Morgan fingerprint density at radius 1 is 1.37 bits per heavy atom. The highest BCUT2D eigenvalue weighted by molar-refractivity contribution is 5.74. The van der Waals surface area contributed by atoms with Crippen molar-refractivity contribution in [2.75, 3.05) is 6.61 Å². The van der Waals surface area contributed by atoms with E-state index in [1.54, 1.807) is 0 Å². The van der Waals surface area contributed by atoms with Crippen LogP contribution in [-0.4, -0.2) is 24.8 Å². The van der Waals surface area contributed by atoms with Gasteiger partial charge in [0, 0.05) is 0 Å². The van der Waals surface area contributed by atoms with Gasteiger partial charge >= 0.3 is 12.1 Å². The Labute approximate surface area is 111 Å². The number of nitrogens with two attached hydrogens (primary N) is 1. The van der Waals surface area contributed by atoms with Gasteiger partial charge in [-0.25, -0.2) is 0 Å². The summed E-state index contributed by atoms with van der Waals surface area (Å²) in [5.74, 6) is -2.34. The van der Waals surface area contributed by atoms with Crippen molar-refractivity contribution >= 4 is 5.97 Å². The number of esters is 1. The molecule has 0 aromatic heterocycles. The van der Waals surface area contributed by atoms with E-state index in [0.29, 0.717) is 19.3 Å². The summed E-state index contributed by atoms with van der Waals surface area (Å²) in [4.78, 5) is 11.9. The van der Waals surface area contributed by atoms with Gasteiger partial charge in [0.15, 0.2) is 0 Å². The van der Waals surface area contributed by atoms with Gasteiger partial charge < -0.3 is 10.5 Å². The third kappa shape index (κ3) is 4.67. The van der Waals surface area contributed by atoms with E-state index < -0.39 is 24.1 Å². The second-order valence-electron chi connectivity index (χ2n) is 5.16. The number of rotatable bonds is 6. The standard InChI is InChI=1S/C13H22F3NO2/c1-2-3-8-19-12(18)10(9-6-4-5-7-9)11(17)13(14,15)16/h9-11H,2-8,17H2,1H3/t10-,11-/m0/s1. The van der Waals surface area contributed by atoms with Gasteiger partial charge in [-0.05, 0) is 25.2 Å². The second kappa shape index (κ2) is 7.12. The molecule has 1 rings (SSSR count). The molecule has 0 unspecified atom stereocenters. The van der Waals surface area contributed by atoms with Gasteiger partial charge in [0.05, 0.1) is 12.5 Å². The van der Waals surface area contributed by atoms with Crippen LogP contribution in [0.3, 0.4) is 0 Å². The van der Waals surface area contributed by atoms with E-state index in [-0.39, 0.29) is 12.5 Å². The average molecular weight is 281 g/mol. The molecule has 19 heavy (non-hydrogen) atoms. The predicted octanol–water partition coefficient (Wildman–Crippen LogP) is 3.03. The zero-order valence-electron chi connectivity index (χ0n) is 11.2. The average Bonchev–Trinajstić information content (AvgIpc) is 2.82. The largest absolute Gasteiger partial charge is 0.465 e. The van der Waals surface area contributed by atoms with E-state index in [0.717, 1.165) is 19.3 Å². The molecule has 1 aliphatic carbocycles. The summed E-state index contributed by atoms with van der Waals surface area (Å²) >= 11 is 0. The van der Waals surface area contributed by atoms with Crippen LogP contribution in [0, 0.1) is 11.8 Å². The molecule has 0 heterocycles. The van der Waals surface area contributed by atoms with Crippen molar-refractivity contribution < 1.29 is 22.7 Å². The van der Waals surface area contributed by atoms with Crippen molar-refractivity contribution in [3.05, 3.63) is 0 Å². The zero-order valence-corrected chi connectivity index (χ0v) is 11.2. The normalized spacial score (nSPS) is 20.3. The van der Waals surface area contributed by atoms with Crippen LogP contribution in [0.25, 0.3) is 0 Å². The molecular formula is C13H22F3NO2. The molecule has 2 atom stereocenters. The summed E-state index contributed by atoms with van der Waals surface area (Å²) in [6.07, 6.45) is -0.120. The number of carbonyl (C=O) groups is 1. The van der Waals surface area contributed by atoms with Crippen LogP contribution in [0.1, 0.15) is 45.4 Å². The first-order chi connectivity index (χ1) is 8.88. The molecule has 1 fully saturated rings. The molecule has 1 saturated carbocycles. The molecule has 3 nitrogen and oxygen atoms in total. The lowest BCUT2D eigenvalue weighted by Gasteiger charge is -2.28. The van der Waals surface area contributed by atoms with Gasteiger partial charge in [-0.1, -0.05) is 26.2 Å². The molecule has 0 spiro atoms. The van der Waals surface area contributed by atoms with Crippen molar-refractivity contribution in [3.8, 4) is 0 Å². The molecular weight excluding hydrogens is 259 g/mol. The molecule has 112 valence electrons. The number of unbranched alkanes of at least 4 members (excludes halogenated alkanes) is 1. The zero-order chi connectivity index (χ0) is 14.5. The predicted molar refractivity (Wildman–Crippen MR) is 65.3 cm³/mol. The van der Waals surface area contributed by atoms with Crippen LogP contribution in [0.15, 0.2) is 0 Å². The van der Waals surface area contributed by atoms with Gasteiger partial charge in [0.25, 0.3) is 0 Å². The van der Waals surface area contributed by atoms with Gasteiger partial charge in [-0.15, -0.1) is 0 Å². The molecule has 0 bridgehead atoms. The Hall–Kier alpha value is -0.780. The molecule has 6 heteroatoms. The van der Waals surface area contributed by atoms with E-state index in [9.17, 15) is 18.0 Å². The molecule has 1 aliphatic rings. The minimum atomic E-state index is -4.56. The van der Waals surface area contributed by atoms with Crippen molar-refractivity contribution in [1.29, 1.82) is 0 Å². The fourth-order valence-corrected chi connectivity index (χ4v) is 2.57. The number of alkyl halides is 3. The summed E-state index contributed by atoms with van der Waals surface area (Å²) in [6.45, 7) is 2.09. The van der Waals surface area contributed by atoms with E-state index in [1.807, 2.05) is 6.92 Å². The van der Waals surface area contributed by atoms with Crippen molar-refractivity contribution in [3.63, 3.8) is 0 Å². The van der Waals surface area contributed by atoms with Crippen LogP contribution in [0.4, 0.5) is 13.2 Å². The van der Waals surface area contributed by atoms with Crippen molar-refractivity contribution in [2.24, 2.45) is 17.6 Å². The van der Waals surface area contributed by atoms with Crippen LogP contribution < -0.4 is 5.73 Å². The molecule has 0 aromatic carbocycles. The van der Waals surface area contributed by atoms with Crippen LogP contribution in [0.2, 0.25) is 0 Å². The maximum Gasteiger partial charge on any atom is 0.404 e. The molecule has 0 aromatic rings. The van der Waals surface area contributed by atoms with Crippen LogP contribution >= 0.6 is 0 Å². The quantitative estimate of drug-likeness (QED) is 0.601. The number of halogens is 3. The smallest absolute Gasteiger partial charge is 0.404 e. The number of hydrogen-bond acceptors (Lipinski definition) is 3. The Kier molecular flexibility index (Phi) is 6.10. The van der Waals surface area contributed by atoms with Crippen LogP contribution in [-0.2, 0) is 9.53 Å². The van der Waals surface area contributed by atoms with E-state index in [4.69, 9.17) is 10.5 Å². The molecule has 0 saturated heterocycles. The molecule has 0 radical (unpaired) electrons. The Bertz CT molecular complexity index is 288. The summed E-state index contributed by atoms with van der Waals surface area (Å²) in [5, 5.41) is 0. The maximum atomic E-state index is 12.8. The lowest BCUT2D eigenvalue weighted by molar-refractivity contribution is -0.180. The topological polar surface area (TPSA) is 52.3 Å². The van der Waals surface area contributed by atoms with Crippen molar-refractivity contribution in [1.82, 2.24) is 0 Å². The van der Waals surface area contributed by atoms with Gasteiger partial charge in [0.1, 0.15) is 6.04 Å². The lowest BCUT2D eigenvalue weighted by Crippen LogP contribution is -2.50. The monoisotopic (exact) mass is 281 g/mol. The fraction of sp³-hybridized carbons (Fsp3) is 0.923. The van der Waals surface area contributed by atoms with Crippen molar-refractivity contribution in [2.45, 2.75) is 57.7 Å². The Morgan fingerprint density at radius 2 is 1.95 bits per heavy atom. The minimum Gasteiger partial charge on any atom is -0.465 e. The first-order valence-corrected chi connectivity index (χ1v) is 6.86. The van der Waals surface area contributed by atoms with Gasteiger partial charge in [0.2, 0.25) is 0 Å². The third-order valence-electron chi connectivity index (χ3n) is 3.69. The summed E-state index contributed by atoms with van der Waals surface area (Å²) in [6, 6.07) is -2.12. The highest BCUT2D eigenvalue weighted by atomic mass is 19.4. The Morgan fingerprint density at radius 3 is 2.42 bits per heavy atom. The summed E-state index contributed by atoms with van der Waals surface area (Å²) in [7, 11) is 0. The van der Waals surface area contributed by atoms with E-state index >= 15 is 0 Å². The lowest BCUT2D eigenvalue weighted by atomic mass is 9.84. The molecule has 0 amide bonds. The van der Waals surface area contributed by atoms with E-state index in [1.165, 1.54) is 0 Å². The van der Waals surface area contributed by atoms with E-state index in [2.05, 4.69) is 0 Å². The highest BCUT2D eigenvalue weighted by Crippen LogP contribution is 2.37. The highest BCUT2D eigenvalue weighted by Gasteiger charge is 2.49. The maximum absolute atomic E-state index is 12.8.